The van der Waals surface area contributed by atoms with E-state index in [2.05, 4.69) is 5.32 Å². The Kier molecular flexibility index (Phi) is 7.76. The summed E-state index contributed by atoms with van der Waals surface area (Å²) in [5.74, 6) is -1.29. The van der Waals surface area contributed by atoms with Gasteiger partial charge < -0.3 is 30.5 Å². The summed E-state index contributed by atoms with van der Waals surface area (Å²) in [6, 6.07) is 3.76. The lowest BCUT2D eigenvalue weighted by molar-refractivity contribution is -0.137. The molecule has 0 aliphatic heterocycles. The average Bonchev–Trinajstić information content (AvgIpc) is 2.49. The normalized spacial score (nSPS) is 10.3. The van der Waals surface area contributed by atoms with Gasteiger partial charge in [0, 0.05) is 18.5 Å². The molecule has 6 N–H and O–H groups in total. The highest BCUT2D eigenvalue weighted by molar-refractivity contribution is 6.71. The van der Waals surface area contributed by atoms with Gasteiger partial charge in [-0.2, -0.15) is 0 Å². The number of hydrogen-bond donors (Lipinski definition) is 6. The fourth-order valence-electron chi connectivity index (χ4n) is 2.06. The molecule has 1 aromatic rings. The largest absolute Gasteiger partial charge is 0.488 e. The lowest BCUT2D eigenvalue weighted by Gasteiger charge is -2.11. The third-order valence-electron chi connectivity index (χ3n) is 3.26. The predicted octanol–water partition coefficient (Wildman–Crippen LogP) is -2.58. The third-order valence-corrected chi connectivity index (χ3v) is 3.26. The van der Waals surface area contributed by atoms with E-state index in [9.17, 15) is 19.6 Å². The van der Waals surface area contributed by atoms with E-state index < -0.39 is 26.1 Å². The third kappa shape index (κ3) is 6.41. The maximum absolute atomic E-state index is 11.9. The van der Waals surface area contributed by atoms with E-state index >= 15 is 0 Å². The Morgan fingerprint density at radius 3 is 2.17 bits per heavy atom. The summed E-state index contributed by atoms with van der Waals surface area (Å²) in [6.45, 7) is 0.361. The first-order chi connectivity index (χ1) is 10.8. The number of carboxylic acids is 1. The zero-order valence-corrected chi connectivity index (χ0v) is 12.5. The zero-order chi connectivity index (χ0) is 17.4. The maximum atomic E-state index is 11.9. The van der Waals surface area contributed by atoms with Gasteiger partial charge in [-0.25, -0.2) is 0 Å². The highest BCUT2D eigenvalue weighted by Gasteiger charge is 2.24. The van der Waals surface area contributed by atoms with Gasteiger partial charge in [0.1, 0.15) is 0 Å². The topological polar surface area (TPSA) is 147 Å². The Bertz CT molecular complexity index is 551. The Balaban J connectivity index is 2.56. The lowest BCUT2D eigenvalue weighted by Crippen LogP contribution is -2.49. The molecule has 1 amide bonds. The van der Waals surface area contributed by atoms with Crippen LogP contribution in [-0.4, -0.2) is 57.9 Å². The van der Waals surface area contributed by atoms with Gasteiger partial charge in [0.25, 0.3) is 5.91 Å². The van der Waals surface area contributed by atoms with E-state index in [0.717, 1.165) is 0 Å². The molecule has 124 valence electrons. The Labute approximate surface area is 134 Å². The molecular formula is C13H19B2NO7. The molecule has 23 heavy (non-hydrogen) atoms. The SMILES string of the molecule is O=C(O)CCCCCNC(=O)c1ccc(B(O)O)c(B(O)O)c1. The average molecular weight is 323 g/mol. The number of carbonyl (C=O) groups excluding carboxylic acids is 1. The van der Waals surface area contributed by atoms with Crippen molar-refractivity contribution >= 4 is 37.0 Å². The molecule has 0 saturated heterocycles. The van der Waals surface area contributed by atoms with Crippen molar-refractivity contribution in [2.24, 2.45) is 0 Å². The molecule has 10 heteroatoms. The van der Waals surface area contributed by atoms with Crippen LogP contribution in [0, 0.1) is 0 Å². The van der Waals surface area contributed by atoms with Crippen LogP contribution in [0.3, 0.4) is 0 Å². The number of amides is 1. The summed E-state index contributed by atoms with van der Waals surface area (Å²) in [5.41, 5.74) is -0.0950. The van der Waals surface area contributed by atoms with Crippen LogP contribution >= 0.6 is 0 Å². The van der Waals surface area contributed by atoms with Gasteiger partial charge in [-0.05, 0) is 29.8 Å². The van der Waals surface area contributed by atoms with Crippen LogP contribution in [0.25, 0.3) is 0 Å². The molecule has 0 aromatic heterocycles. The number of unbranched alkanes of at least 4 members (excludes halogenated alkanes) is 2. The molecule has 0 atom stereocenters. The van der Waals surface area contributed by atoms with Crippen molar-refractivity contribution in [3.05, 3.63) is 23.8 Å². The first kappa shape index (κ1) is 19.2. The zero-order valence-electron chi connectivity index (χ0n) is 12.5. The summed E-state index contributed by atoms with van der Waals surface area (Å²) in [4.78, 5) is 22.3. The summed E-state index contributed by atoms with van der Waals surface area (Å²) in [6.07, 6.45) is 1.93. The van der Waals surface area contributed by atoms with Crippen molar-refractivity contribution in [3.8, 4) is 0 Å². The second-order valence-electron chi connectivity index (χ2n) is 5.05. The standard InChI is InChI=1S/C13H19B2NO7/c17-12(18)4-2-1-3-7-16-13(19)9-5-6-10(14(20)21)11(8-9)15(22)23/h5-6,8,20-23H,1-4,7H2,(H,16,19)(H,17,18). The molecule has 1 rings (SSSR count). The predicted molar refractivity (Wildman–Crippen MR) is 84.5 cm³/mol. The molecule has 0 fully saturated rings. The van der Waals surface area contributed by atoms with Gasteiger partial charge in [0.15, 0.2) is 0 Å². The lowest BCUT2D eigenvalue weighted by atomic mass is 9.65. The molecule has 0 aliphatic rings. The number of aliphatic carboxylic acids is 1. The van der Waals surface area contributed by atoms with Gasteiger partial charge in [-0.15, -0.1) is 0 Å². The highest BCUT2D eigenvalue weighted by atomic mass is 16.4. The fourth-order valence-corrected chi connectivity index (χ4v) is 2.06. The minimum absolute atomic E-state index is 0.0924. The van der Waals surface area contributed by atoms with Gasteiger partial charge in [-0.1, -0.05) is 18.6 Å². The van der Waals surface area contributed by atoms with Crippen LogP contribution in [0.5, 0.6) is 0 Å². The Morgan fingerprint density at radius 1 is 0.957 bits per heavy atom. The number of carboxylic acid groups (broad SMARTS) is 1. The number of nitrogens with one attached hydrogen (secondary N) is 1. The Morgan fingerprint density at radius 2 is 1.61 bits per heavy atom. The van der Waals surface area contributed by atoms with E-state index in [-0.39, 0.29) is 22.9 Å². The van der Waals surface area contributed by atoms with Crippen molar-refractivity contribution in [1.29, 1.82) is 0 Å². The second kappa shape index (κ2) is 9.31. The second-order valence-corrected chi connectivity index (χ2v) is 5.05. The molecule has 0 unspecified atom stereocenters. The van der Waals surface area contributed by atoms with Crippen LogP contribution in [0.15, 0.2) is 18.2 Å². The molecule has 8 nitrogen and oxygen atoms in total. The first-order valence-corrected chi connectivity index (χ1v) is 7.19. The van der Waals surface area contributed by atoms with E-state index in [1.54, 1.807) is 0 Å². The van der Waals surface area contributed by atoms with E-state index in [1.165, 1.54) is 18.2 Å². The molecule has 0 saturated carbocycles. The molecule has 0 radical (unpaired) electrons. The highest BCUT2D eigenvalue weighted by Crippen LogP contribution is 2.00. The van der Waals surface area contributed by atoms with Crippen molar-refractivity contribution < 1.29 is 34.8 Å². The van der Waals surface area contributed by atoms with Crippen LogP contribution in [0.2, 0.25) is 0 Å². The number of rotatable bonds is 9. The summed E-state index contributed by atoms with van der Waals surface area (Å²) < 4.78 is 0. The van der Waals surface area contributed by atoms with Crippen molar-refractivity contribution in [3.63, 3.8) is 0 Å². The quantitative estimate of drug-likeness (QED) is 0.216. The summed E-state index contributed by atoms with van der Waals surface area (Å²) >= 11 is 0. The van der Waals surface area contributed by atoms with Crippen LogP contribution < -0.4 is 16.2 Å². The van der Waals surface area contributed by atoms with E-state index in [1.807, 2.05) is 0 Å². The van der Waals surface area contributed by atoms with Gasteiger partial charge in [0.2, 0.25) is 0 Å². The minimum atomic E-state index is -1.93. The summed E-state index contributed by atoms with van der Waals surface area (Å²) in [5, 5.41) is 47.9. The maximum Gasteiger partial charge on any atom is 0.488 e. The smallest absolute Gasteiger partial charge is 0.481 e. The number of benzene rings is 1. The first-order valence-electron chi connectivity index (χ1n) is 7.19. The van der Waals surface area contributed by atoms with E-state index in [4.69, 9.17) is 15.2 Å². The fraction of sp³-hybridized carbons (Fsp3) is 0.385. The monoisotopic (exact) mass is 323 g/mol. The molecular weight excluding hydrogens is 304 g/mol. The van der Waals surface area contributed by atoms with Gasteiger partial charge in [-0.3, -0.25) is 9.59 Å². The van der Waals surface area contributed by atoms with Crippen molar-refractivity contribution in [2.45, 2.75) is 25.7 Å². The van der Waals surface area contributed by atoms with E-state index in [0.29, 0.717) is 25.8 Å². The van der Waals surface area contributed by atoms with Crippen molar-refractivity contribution in [2.75, 3.05) is 6.54 Å². The summed E-state index contributed by atoms with van der Waals surface area (Å²) in [7, 11) is -3.81. The number of hydrogen-bond acceptors (Lipinski definition) is 6. The molecule has 0 heterocycles. The van der Waals surface area contributed by atoms with Crippen LogP contribution in [0.1, 0.15) is 36.0 Å². The van der Waals surface area contributed by atoms with Gasteiger partial charge >= 0.3 is 20.2 Å². The minimum Gasteiger partial charge on any atom is -0.481 e. The molecule has 0 aliphatic carbocycles. The van der Waals surface area contributed by atoms with Crippen LogP contribution in [-0.2, 0) is 4.79 Å². The Hall–Kier alpha value is -1.87. The van der Waals surface area contributed by atoms with Crippen LogP contribution in [0.4, 0.5) is 0 Å². The van der Waals surface area contributed by atoms with Crippen molar-refractivity contribution in [1.82, 2.24) is 5.32 Å². The molecule has 1 aromatic carbocycles. The molecule has 0 spiro atoms. The molecule has 0 bridgehead atoms. The number of carbonyl (C=O) groups is 2. The van der Waals surface area contributed by atoms with Gasteiger partial charge in [0.05, 0.1) is 0 Å².